The first-order chi connectivity index (χ1) is 16.0. The van der Waals surface area contributed by atoms with E-state index in [0.29, 0.717) is 34.8 Å². The van der Waals surface area contributed by atoms with Crippen LogP contribution in [0.5, 0.6) is 11.5 Å². The number of para-hydroxylation sites is 1. The Morgan fingerprint density at radius 1 is 1.06 bits per heavy atom. The second kappa shape index (κ2) is 10.7. The molecule has 0 radical (unpaired) electrons. The van der Waals surface area contributed by atoms with Crippen LogP contribution in [0.3, 0.4) is 0 Å². The molecule has 0 spiro atoms. The number of nitrogens with zero attached hydrogens (tertiary/aromatic N) is 1. The molecule has 0 aromatic heterocycles. The SMILES string of the molecule is CCOc1cc(/C=C2\SC(=Nc3ccccc3)NC2=O)cc(Br)c1OCc1ccccc1C. The van der Waals surface area contributed by atoms with E-state index in [1.54, 1.807) is 0 Å². The average molecular weight is 523 g/mol. The second-order valence-electron chi connectivity index (χ2n) is 7.30. The van der Waals surface area contributed by atoms with Gasteiger partial charge in [0.2, 0.25) is 0 Å². The molecule has 1 aliphatic rings. The minimum absolute atomic E-state index is 0.177. The summed E-state index contributed by atoms with van der Waals surface area (Å²) in [5, 5.41) is 3.38. The highest BCUT2D eigenvalue weighted by atomic mass is 79.9. The monoisotopic (exact) mass is 522 g/mol. The molecule has 1 aliphatic heterocycles. The van der Waals surface area contributed by atoms with Gasteiger partial charge in [-0.3, -0.25) is 4.79 Å². The van der Waals surface area contributed by atoms with Crippen molar-refractivity contribution in [3.05, 3.63) is 92.8 Å². The molecule has 3 aromatic carbocycles. The van der Waals surface area contributed by atoms with Crippen molar-refractivity contribution in [2.45, 2.75) is 20.5 Å². The number of nitrogens with one attached hydrogen (secondary N) is 1. The molecule has 5 nitrogen and oxygen atoms in total. The summed E-state index contributed by atoms with van der Waals surface area (Å²) in [5.74, 6) is 1.08. The molecule has 0 atom stereocenters. The quantitative estimate of drug-likeness (QED) is 0.354. The highest BCUT2D eigenvalue weighted by Crippen LogP contribution is 2.39. The normalized spacial score (nSPS) is 15.7. The minimum atomic E-state index is -0.177. The molecule has 1 N–H and O–H groups in total. The van der Waals surface area contributed by atoms with Gasteiger partial charge in [0, 0.05) is 0 Å². The minimum Gasteiger partial charge on any atom is -0.490 e. The molecule has 0 aliphatic carbocycles. The Morgan fingerprint density at radius 3 is 2.58 bits per heavy atom. The summed E-state index contributed by atoms with van der Waals surface area (Å²) >= 11 is 4.93. The smallest absolute Gasteiger partial charge is 0.264 e. The Kier molecular flexibility index (Phi) is 7.52. The van der Waals surface area contributed by atoms with Crippen LogP contribution in [0.15, 0.2) is 81.1 Å². The molecule has 3 aromatic rings. The maximum Gasteiger partial charge on any atom is 0.264 e. The van der Waals surface area contributed by atoms with Gasteiger partial charge in [0.15, 0.2) is 16.7 Å². The van der Waals surface area contributed by atoms with Gasteiger partial charge in [0.25, 0.3) is 5.91 Å². The fourth-order valence-corrected chi connectivity index (χ4v) is 4.66. The van der Waals surface area contributed by atoms with Gasteiger partial charge < -0.3 is 14.8 Å². The Balaban J connectivity index is 1.57. The molecule has 0 unspecified atom stereocenters. The van der Waals surface area contributed by atoms with Crippen LogP contribution >= 0.6 is 27.7 Å². The van der Waals surface area contributed by atoms with E-state index in [4.69, 9.17) is 9.47 Å². The lowest BCUT2D eigenvalue weighted by Crippen LogP contribution is -2.19. The number of carbonyl (C=O) groups is 1. The largest absolute Gasteiger partial charge is 0.490 e. The van der Waals surface area contributed by atoms with Crippen molar-refractivity contribution >= 4 is 50.5 Å². The van der Waals surface area contributed by atoms with E-state index in [-0.39, 0.29) is 5.91 Å². The number of carbonyl (C=O) groups excluding carboxylic acids is 1. The topological polar surface area (TPSA) is 59.9 Å². The summed E-state index contributed by atoms with van der Waals surface area (Å²) in [7, 11) is 0. The third kappa shape index (κ3) is 5.86. The van der Waals surface area contributed by atoms with Gasteiger partial charge in [-0.2, -0.15) is 0 Å². The van der Waals surface area contributed by atoms with Crippen molar-refractivity contribution in [2.75, 3.05) is 6.61 Å². The summed E-state index contributed by atoms with van der Waals surface area (Å²) in [6.07, 6.45) is 1.83. The van der Waals surface area contributed by atoms with Crippen LogP contribution < -0.4 is 14.8 Å². The second-order valence-corrected chi connectivity index (χ2v) is 9.18. The van der Waals surface area contributed by atoms with Crippen molar-refractivity contribution in [2.24, 2.45) is 4.99 Å². The fraction of sp³-hybridized carbons (Fsp3) is 0.154. The van der Waals surface area contributed by atoms with Gasteiger partial charge in [-0.25, -0.2) is 4.99 Å². The highest BCUT2D eigenvalue weighted by Gasteiger charge is 2.24. The van der Waals surface area contributed by atoms with Gasteiger partial charge >= 0.3 is 0 Å². The number of aliphatic imine (C=N–C) groups is 1. The van der Waals surface area contributed by atoms with E-state index in [0.717, 1.165) is 21.3 Å². The predicted molar refractivity (Wildman–Crippen MR) is 138 cm³/mol. The van der Waals surface area contributed by atoms with Crippen molar-refractivity contribution in [3.8, 4) is 11.5 Å². The third-order valence-electron chi connectivity index (χ3n) is 4.90. The lowest BCUT2D eigenvalue weighted by Gasteiger charge is -2.15. The first-order valence-electron chi connectivity index (χ1n) is 10.5. The molecule has 7 heteroatoms. The standard InChI is InChI=1S/C26H23BrN2O3S/c1-3-31-22-14-18(13-21(27)24(22)32-16-19-10-8-7-9-17(19)2)15-23-25(30)29-26(33-23)28-20-11-5-4-6-12-20/h4-15H,3,16H2,1-2H3,(H,28,29,30)/b23-15-. The number of rotatable bonds is 7. The van der Waals surface area contributed by atoms with Gasteiger partial charge in [-0.1, -0.05) is 42.5 Å². The van der Waals surface area contributed by atoms with Crippen LogP contribution in [0.1, 0.15) is 23.6 Å². The van der Waals surface area contributed by atoms with Crippen LogP contribution in [-0.2, 0) is 11.4 Å². The number of amides is 1. The summed E-state index contributed by atoms with van der Waals surface area (Å²) < 4.78 is 12.7. The third-order valence-corrected chi connectivity index (χ3v) is 6.40. The summed E-state index contributed by atoms with van der Waals surface area (Å²) in [6.45, 7) is 4.92. The molecule has 0 saturated carbocycles. The molecule has 168 valence electrons. The van der Waals surface area contributed by atoms with Gasteiger partial charge in [0.1, 0.15) is 6.61 Å². The molecule has 1 saturated heterocycles. The van der Waals surface area contributed by atoms with E-state index in [2.05, 4.69) is 39.2 Å². The number of halogens is 1. The number of hydrogen-bond donors (Lipinski definition) is 1. The number of hydrogen-bond acceptors (Lipinski definition) is 5. The van der Waals surface area contributed by atoms with E-state index in [1.165, 1.54) is 17.3 Å². The number of thioether (sulfide) groups is 1. The Labute approximate surface area is 206 Å². The number of aryl methyl sites for hydroxylation is 1. The van der Waals surface area contributed by atoms with Crippen molar-refractivity contribution in [3.63, 3.8) is 0 Å². The van der Waals surface area contributed by atoms with E-state index < -0.39 is 0 Å². The maximum atomic E-state index is 12.5. The first-order valence-corrected chi connectivity index (χ1v) is 12.1. The molecule has 1 heterocycles. The zero-order chi connectivity index (χ0) is 23.2. The van der Waals surface area contributed by atoms with Gasteiger partial charge in [0.05, 0.1) is 21.7 Å². The van der Waals surface area contributed by atoms with Crippen molar-refractivity contribution in [1.29, 1.82) is 0 Å². The van der Waals surface area contributed by atoms with E-state index in [9.17, 15) is 4.79 Å². The molecular weight excluding hydrogens is 500 g/mol. The van der Waals surface area contributed by atoms with Crippen LogP contribution in [0.25, 0.3) is 6.08 Å². The molecule has 1 amide bonds. The van der Waals surface area contributed by atoms with Gasteiger partial charge in [-0.15, -0.1) is 0 Å². The number of ether oxygens (including phenoxy) is 2. The highest BCUT2D eigenvalue weighted by molar-refractivity contribution is 9.10. The Hall–Kier alpha value is -3.03. The Bertz CT molecular complexity index is 1230. The molecular formula is C26H23BrN2O3S. The molecule has 33 heavy (non-hydrogen) atoms. The first kappa shape index (κ1) is 23.1. The molecule has 1 fully saturated rings. The molecule has 0 bridgehead atoms. The van der Waals surface area contributed by atoms with Crippen LogP contribution in [0.4, 0.5) is 5.69 Å². The maximum absolute atomic E-state index is 12.5. The van der Waals surface area contributed by atoms with E-state index in [1.807, 2.05) is 73.7 Å². The number of benzene rings is 3. The summed E-state index contributed by atoms with van der Waals surface area (Å²) in [4.78, 5) is 17.5. The van der Waals surface area contributed by atoms with Crippen LogP contribution in [-0.4, -0.2) is 17.7 Å². The fourth-order valence-electron chi connectivity index (χ4n) is 3.25. The van der Waals surface area contributed by atoms with Crippen molar-refractivity contribution in [1.82, 2.24) is 5.32 Å². The zero-order valence-corrected chi connectivity index (χ0v) is 20.7. The lowest BCUT2D eigenvalue weighted by atomic mass is 10.1. The van der Waals surface area contributed by atoms with E-state index >= 15 is 0 Å². The zero-order valence-electron chi connectivity index (χ0n) is 18.3. The van der Waals surface area contributed by atoms with Crippen LogP contribution in [0.2, 0.25) is 0 Å². The van der Waals surface area contributed by atoms with Crippen molar-refractivity contribution < 1.29 is 14.3 Å². The predicted octanol–water partition coefficient (Wildman–Crippen LogP) is 6.63. The average Bonchev–Trinajstić information content (AvgIpc) is 3.13. The van der Waals surface area contributed by atoms with Gasteiger partial charge in [-0.05, 0) is 88.6 Å². The number of amidine groups is 1. The Morgan fingerprint density at radius 2 is 1.82 bits per heavy atom. The lowest BCUT2D eigenvalue weighted by molar-refractivity contribution is -0.115. The molecule has 4 rings (SSSR count). The summed E-state index contributed by atoms with van der Waals surface area (Å²) in [6, 6.07) is 21.5. The van der Waals surface area contributed by atoms with Crippen LogP contribution in [0, 0.1) is 6.92 Å². The summed E-state index contributed by atoms with van der Waals surface area (Å²) in [5.41, 5.74) is 3.90.